The number of likely N-dealkylation sites (N-methyl/N-ethyl adjacent to an activating group) is 4. The van der Waals surface area contributed by atoms with Gasteiger partial charge in [-0.2, -0.15) is 0 Å². The summed E-state index contributed by atoms with van der Waals surface area (Å²) in [6.45, 7) is 14.1. The van der Waals surface area contributed by atoms with Gasteiger partial charge in [-0.3, -0.25) is 4.90 Å². The summed E-state index contributed by atoms with van der Waals surface area (Å²) >= 11 is 0. The molecule has 78 heavy (non-hydrogen) atoms. The number of piperidine rings is 4. The highest BCUT2D eigenvalue weighted by Crippen LogP contribution is 2.39. The van der Waals surface area contributed by atoms with Crippen LogP contribution in [0.4, 0.5) is 0 Å². The standard InChI is InChI=1S/C9H17N.2C8H15N.2C7H14N2.2C7H13N.2C6H12N2/c1-10-8-4-2-5-9(10)7-3-6-8;1-9-5-7-3-2-4-8(7)6-9;1-9-7-3-2-4-8(9)6-5-7;1-9-4-6-2-3-7(5-9)8-6;1-9-6-2-3-7(9)5-8-4-6;1-8-5-6-2-3-7(8)4-6;1-8-6-2-3-7(8)5-4-6;2*1-8-4-5-2-6(8)3-7-5/h8-9H,2-7H2,1H3;2*7-8H,2-6H2,1H3;2*6-8H,2-5H2,1H3;2*6-7H,2-5H2,1H3;2*5-7H,2-4H2,1H3/t;;;;;;;2*5-,6-/m.......10/s1. The predicted molar refractivity (Wildman–Crippen MR) is 328 cm³/mol. The Kier molecular flexibility index (Phi) is 22.6. The highest BCUT2D eigenvalue weighted by atomic mass is 15.3. The summed E-state index contributed by atoms with van der Waals surface area (Å²) < 4.78 is 0. The number of likely N-dealkylation sites (tertiary alicyclic amines) is 5. The van der Waals surface area contributed by atoms with Crippen LogP contribution in [0.15, 0.2) is 0 Å². The molecule has 2 saturated carbocycles. The maximum absolute atomic E-state index is 3.58. The minimum absolute atomic E-state index is 0.814. The monoisotopic (exact) mass is 1090 g/mol. The molecule has 0 aromatic rings. The molecule has 13 nitrogen and oxygen atoms in total. The molecule has 16 aliphatic heterocycles. The van der Waals surface area contributed by atoms with Crippen LogP contribution in [0.25, 0.3) is 0 Å². The molecule has 16 bridgehead atoms. The SMILES string of the molecule is CN1C2CCC1CC2.CN1C2CCC1CNC2.CN1C2CCCC1CC2.CN1C2CCCC1CCC2.CN1CC2CCC(C1)N2.CN1CC2CCC1C2.CN1CC2CCCC2C1.CN1C[C@@H]2C[C@H]1CN2.CN1C[C@H]2C[C@@H]1CN2. The quantitative estimate of drug-likeness (QED) is 0.207. The largest absolute Gasteiger partial charge is 0.314 e. The Balaban J connectivity index is 0.0000000993. The lowest BCUT2D eigenvalue weighted by molar-refractivity contribution is 0.0673. The van der Waals surface area contributed by atoms with Gasteiger partial charge in [0, 0.05) is 163 Å². The van der Waals surface area contributed by atoms with E-state index in [-0.39, 0.29) is 0 Å². The van der Waals surface area contributed by atoms with Crippen molar-refractivity contribution >= 4 is 0 Å². The van der Waals surface area contributed by atoms with Crippen molar-refractivity contribution in [2.24, 2.45) is 17.8 Å². The van der Waals surface area contributed by atoms with Crippen molar-refractivity contribution in [3.63, 3.8) is 0 Å². The van der Waals surface area contributed by atoms with Gasteiger partial charge in [-0.25, -0.2) is 0 Å². The summed E-state index contributed by atoms with van der Waals surface area (Å²) in [5.41, 5.74) is 0. The van der Waals surface area contributed by atoms with Gasteiger partial charge in [-0.15, -0.1) is 0 Å². The third kappa shape index (κ3) is 16.1. The van der Waals surface area contributed by atoms with E-state index >= 15 is 0 Å². The van der Waals surface area contributed by atoms with Gasteiger partial charge in [0.1, 0.15) is 0 Å². The van der Waals surface area contributed by atoms with E-state index in [0.29, 0.717) is 0 Å². The van der Waals surface area contributed by atoms with E-state index in [2.05, 4.69) is 129 Å². The van der Waals surface area contributed by atoms with E-state index in [1.165, 1.54) is 245 Å². The molecule has 10 unspecified atom stereocenters. The topological polar surface area (TPSA) is 77.3 Å². The molecule has 0 aromatic carbocycles. The number of rotatable bonds is 0. The first-order valence-corrected chi connectivity index (χ1v) is 34.1. The van der Waals surface area contributed by atoms with E-state index in [9.17, 15) is 0 Å². The lowest BCUT2D eigenvalue weighted by Gasteiger charge is -2.43. The van der Waals surface area contributed by atoms with E-state index in [1.54, 1.807) is 0 Å². The van der Waals surface area contributed by atoms with Crippen molar-refractivity contribution in [3.05, 3.63) is 0 Å². The molecular formula is C65H125N13. The van der Waals surface area contributed by atoms with Gasteiger partial charge in [0.2, 0.25) is 0 Å². The molecular weight excluding hydrogens is 963 g/mol. The number of hydrogen-bond donors (Lipinski definition) is 4. The van der Waals surface area contributed by atoms with Crippen LogP contribution in [0.5, 0.6) is 0 Å². The molecule has 4 N–H and O–H groups in total. The molecule has 13 heteroatoms. The second-order valence-electron chi connectivity index (χ2n) is 29.8. The number of piperazine rings is 4. The van der Waals surface area contributed by atoms with Gasteiger partial charge >= 0.3 is 0 Å². The molecule has 0 spiro atoms. The van der Waals surface area contributed by atoms with Crippen LogP contribution in [0.1, 0.15) is 173 Å². The third-order valence-electron chi connectivity index (χ3n) is 24.6. The van der Waals surface area contributed by atoms with Gasteiger partial charge in [0.15, 0.2) is 0 Å². The van der Waals surface area contributed by atoms with Crippen LogP contribution < -0.4 is 21.3 Å². The van der Waals surface area contributed by atoms with Crippen LogP contribution >= 0.6 is 0 Å². The molecule has 0 aromatic heterocycles. The molecule has 14 atom stereocenters. The Morgan fingerprint density at radius 3 is 0.923 bits per heavy atom. The van der Waals surface area contributed by atoms with Crippen molar-refractivity contribution < 1.29 is 0 Å². The molecule has 0 amide bonds. The fraction of sp³-hybridized carbons (Fsp3) is 1.00. The maximum atomic E-state index is 3.58. The Morgan fingerprint density at radius 2 is 0.628 bits per heavy atom. The summed E-state index contributed by atoms with van der Waals surface area (Å²) in [7, 11) is 20.3. The van der Waals surface area contributed by atoms with E-state index in [1.807, 2.05) is 0 Å². The highest BCUT2D eigenvalue weighted by molar-refractivity contribution is 4.98. The lowest BCUT2D eigenvalue weighted by Crippen LogP contribution is -2.49. The molecule has 2 aliphatic carbocycles. The fourth-order valence-corrected chi connectivity index (χ4v) is 19.3. The van der Waals surface area contributed by atoms with Crippen molar-refractivity contribution in [1.29, 1.82) is 0 Å². The van der Waals surface area contributed by atoms with Gasteiger partial charge in [0.05, 0.1) is 0 Å². The molecule has 18 aliphatic rings. The zero-order valence-electron chi connectivity index (χ0n) is 52.3. The number of nitrogens with zero attached hydrogens (tertiary/aromatic N) is 9. The van der Waals surface area contributed by atoms with Crippen LogP contribution in [0.3, 0.4) is 0 Å². The van der Waals surface area contributed by atoms with Gasteiger partial charge in [0.25, 0.3) is 0 Å². The Hall–Kier alpha value is -0.520. The molecule has 450 valence electrons. The predicted octanol–water partition coefficient (Wildman–Crippen LogP) is 6.78. The minimum atomic E-state index is 0.814. The molecule has 0 radical (unpaired) electrons. The summed E-state index contributed by atoms with van der Waals surface area (Å²) in [5.74, 6) is 3.23. The minimum Gasteiger partial charge on any atom is -0.314 e. The first-order chi connectivity index (χ1) is 37.8. The summed E-state index contributed by atoms with van der Waals surface area (Å²) in [6, 6.07) is 13.4. The van der Waals surface area contributed by atoms with Crippen LogP contribution in [-0.2, 0) is 0 Å². The number of fused-ring (bicyclic) bond motifs is 17. The fourth-order valence-electron chi connectivity index (χ4n) is 19.3. The first-order valence-electron chi connectivity index (χ1n) is 34.1. The second kappa shape index (κ2) is 29.0. The van der Waals surface area contributed by atoms with Crippen molar-refractivity contribution in [2.75, 3.05) is 135 Å². The van der Waals surface area contributed by atoms with Crippen LogP contribution in [-0.4, -0.2) is 270 Å². The van der Waals surface area contributed by atoms with Gasteiger partial charge in [-0.05, 0) is 229 Å². The van der Waals surface area contributed by atoms with Gasteiger partial charge < -0.3 is 60.5 Å². The molecule has 16 heterocycles. The first kappa shape index (κ1) is 60.6. The molecule has 18 fully saturated rings. The van der Waals surface area contributed by atoms with Crippen molar-refractivity contribution in [1.82, 2.24) is 65.4 Å². The average Bonchev–Trinajstić information content (AvgIpc) is 4.26. The van der Waals surface area contributed by atoms with Crippen LogP contribution in [0.2, 0.25) is 0 Å². The van der Waals surface area contributed by atoms with E-state index in [0.717, 1.165) is 108 Å². The Morgan fingerprint density at radius 1 is 0.269 bits per heavy atom. The number of hydrogen-bond acceptors (Lipinski definition) is 13. The average molecular weight is 1090 g/mol. The molecule has 18 rings (SSSR count). The molecule has 16 saturated heterocycles. The van der Waals surface area contributed by atoms with Crippen molar-refractivity contribution in [3.8, 4) is 0 Å². The van der Waals surface area contributed by atoms with E-state index < -0.39 is 0 Å². The Bertz CT molecular complexity index is 1560. The van der Waals surface area contributed by atoms with Crippen LogP contribution in [0, 0.1) is 17.8 Å². The van der Waals surface area contributed by atoms with Gasteiger partial charge in [-0.1, -0.05) is 25.7 Å². The van der Waals surface area contributed by atoms with E-state index in [4.69, 9.17) is 0 Å². The van der Waals surface area contributed by atoms with Crippen molar-refractivity contribution in [2.45, 2.75) is 264 Å². The smallest absolute Gasteiger partial charge is 0.0233 e. The zero-order valence-corrected chi connectivity index (χ0v) is 52.3. The Labute approximate surface area is 480 Å². The summed E-state index contributed by atoms with van der Waals surface area (Å²) in [5, 5.41) is 13.9. The highest BCUT2D eigenvalue weighted by Gasteiger charge is 2.40. The second-order valence-corrected chi connectivity index (χ2v) is 29.8. The maximum Gasteiger partial charge on any atom is 0.0233 e. The summed E-state index contributed by atoms with van der Waals surface area (Å²) in [6.07, 6.45) is 39.5. The zero-order chi connectivity index (χ0) is 54.3. The summed E-state index contributed by atoms with van der Waals surface area (Å²) in [4.78, 5) is 22.6. The lowest BCUT2D eigenvalue weighted by atomic mass is 9.85. The normalized spacial score (nSPS) is 44.4. The number of nitrogens with one attached hydrogen (secondary N) is 4. The third-order valence-corrected chi connectivity index (χ3v) is 24.6.